The minimum absolute atomic E-state index is 0.206. The first-order chi connectivity index (χ1) is 11.7. The molecule has 24 heavy (non-hydrogen) atoms. The Morgan fingerprint density at radius 1 is 1.29 bits per heavy atom. The third kappa shape index (κ3) is 3.63. The van der Waals surface area contributed by atoms with E-state index in [0.29, 0.717) is 22.3 Å². The van der Waals surface area contributed by atoms with E-state index in [9.17, 15) is 4.79 Å². The van der Waals surface area contributed by atoms with E-state index in [1.54, 1.807) is 49.0 Å². The van der Waals surface area contributed by atoms with Crippen molar-refractivity contribution < 1.29 is 9.53 Å². The number of thiophene rings is 1. The van der Waals surface area contributed by atoms with Crippen molar-refractivity contribution in [2.75, 3.05) is 7.11 Å². The molecule has 1 aromatic carbocycles. The molecule has 0 aliphatic carbocycles. The fraction of sp³-hybridized carbons (Fsp3) is 0.118. The van der Waals surface area contributed by atoms with Gasteiger partial charge in [-0.15, -0.1) is 0 Å². The van der Waals surface area contributed by atoms with E-state index in [-0.39, 0.29) is 5.91 Å². The first-order valence-corrected chi connectivity index (χ1v) is 8.87. The van der Waals surface area contributed by atoms with Crippen LogP contribution in [0.1, 0.15) is 16.1 Å². The summed E-state index contributed by atoms with van der Waals surface area (Å²) in [5.41, 5.74) is 3.02. The van der Waals surface area contributed by atoms with Gasteiger partial charge in [-0.3, -0.25) is 14.8 Å². The van der Waals surface area contributed by atoms with Crippen LogP contribution in [0.2, 0.25) is 0 Å². The van der Waals surface area contributed by atoms with Crippen molar-refractivity contribution in [2.45, 2.75) is 6.54 Å². The summed E-state index contributed by atoms with van der Waals surface area (Å²) in [5.74, 6) is 0.421. The normalized spacial score (nSPS) is 10.4. The van der Waals surface area contributed by atoms with Crippen LogP contribution < -0.4 is 10.1 Å². The molecule has 7 heteroatoms. The quantitative estimate of drug-likeness (QED) is 0.701. The van der Waals surface area contributed by atoms with Gasteiger partial charge in [0.2, 0.25) is 0 Å². The number of nitrogens with one attached hydrogen (secondary N) is 1. The van der Waals surface area contributed by atoms with Gasteiger partial charge in [0.05, 0.1) is 30.6 Å². The molecule has 0 spiro atoms. The average Bonchev–Trinajstić information content (AvgIpc) is 3.15. The third-order valence-electron chi connectivity index (χ3n) is 3.40. The molecule has 0 aliphatic heterocycles. The predicted octanol–water partition coefficient (Wildman–Crippen LogP) is 3.91. The smallest absolute Gasteiger partial charge is 0.252 e. The van der Waals surface area contributed by atoms with Crippen LogP contribution in [0.15, 0.2) is 51.9 Å². The molecule has 0 atom stereocenters. The Morgan fingerprint density at radius 3 is 2.88 bits per heavy atom. The molecule has 2 aromatic heterocycles. The Morgan fingerprint density at radius 2 is 2.12 bits per heavy atom. The standard InChI is InChI=1S/C17H14BrN3O2S/c1-23-12-2-3-14(18)13(8-12)17(22)21-9-15-16(20-6-5-19-15)11-4-7-24-10-11/h2-8,10H,9H2,1H3,(H,21,22). The molecule has 0 saturated carbocycles. The summed E-state index contributed by atoms with van der Waals surface area (Å²) in [6.07, 6.45) is 3.27. The Labute approximate surface area is 151 Å². The molecule has 0 fully saturated rings. The fourth-order valence-corrected chi connectivity index (χ4v) is 3.27. The van der Waals surface area contributed by atoms with E-state index in [1.165, 1.54) is 0 Å². The van der Waals surface area contributed by atoms with Gasteiger partial charge in [0.25, 0.3) is 5.91 Å². The summed E-state index contributed by atoms with van der Waals surface area (Å²) in [6, 6.07) is 7.25. The highest BCUT2D eigenvalue weighted by molar-refractivity contribution is 9.10. The predicted molar refractivity (Wildman–Crippen MR) is 97.2 cm³/mol. The van der Waals surface area contributed by atoms with E-state index in [4.69, 9.17) is 4.74 Å². The van der Waals surface area contributed by atoms with E-state index in [1.807, 2.05) is 16.8 Å². The zero-order valence-corrected chi connectivity index (χ0v) is 15.2. The third-order valence-corrected chi connectivity index (χ3v) is 4.78. The molecule has 5 nitrogen and oxygen atoms in total. The summed E-state index contributed by atoms with van der Waals surface area (Å²) in [7, 11) is 1.57. The number of benzene rings is 1. The lowest BCUT2D eigenvalue weighted by Gasteiger charge is -2.10. The van der Waals surface area contributed by atoms with Gasteiger partial charge in [-0.2, -0.15) is 11.3 Å². The number of rotatable bonds is 5. The minimum atomic E-state index is -0.206. The molecule has 0 aliphatic rings. The van der Waals surface area contributed by atoms with Crippen molar-refractivity contribution in [2.24, 2.45) is 0 Å². The molecule has 2 heterocycles. The Balaban J connectivity index is 1.78. The second-order valence-electron chi connectivity index (χ2n) is 4.89. The Bertz CT molecular complexity index is 853. The van der Waals surface area contributed by atoms with Crippen LogP contribution in [0, 0.1) is 0 Å². The van der Waals surface area contributed by atoms with Gasteiger partial charge in [-0.05, 0) is 45.6 Å². The maximum Gasteiger partial charge on any atom is 0.252 e. The zero-order valence-electron chi connectivity index (χ0n) is 12.8. The molecule has 0 bridgehead atoms. The highest BCUT2D eigenvalue weighted by Crippen LogP contribution is 2.24. The second-order valence-corrected chi connectivity index (χ2v) is 6.53. The number of halogens is 1. The van der Waals surface area contributed by atoms with Gasteiger partial charge in [-0.25, -0.2) is 0 Å². The topological polar surface area (TPSA) is 64.1 Å². The van der Waals surface area contributed by atoms with Crippen LogP contribution >= 0.6 is 27.3 Å². The molecule has 3 rings (SSSR count). The number of carbonyl (C=O) groups is 1. The Hall–Kier alpha value is -2.25. The van der Waals surface area contributed by atoms with Gasteiger partial charge >= 0.3 is 0 Å². The summed E-state index contributed by atoms with van der Waals surface area (Å²) in [5, 5.41) is 6.88. The van der Waals surface area contributed by atoms with Crippen molar-refractivity contribution in [1.82, 2.24) is 15.3 Å². The van der Waals surface area contributed by atoms with Gasteiger partial charge in [0.1, 0.15) is 5.75 Å². The van der Waals surface area contributed by atoms with Crippen LogP contribution in [-0.2, 0) is 6.54 Å². The lowest BCUT2D eigenvalue weighted by Crippen LogP contribution is -2.24. The van der Waals surface area contributed by atoms with Gasteiger partial charge in [0, 0.05) is 27.8 Å². The molecular weight excluding hydrogens is 390 g/mol. The van der Waals surface area contributed by atoms with Crippen LogP contribution in [0.4, 0.5) is 0 Å². The number of hydrogen-bond acceptors (Lipinski definition) is 5. The zero-order chi connectivity index (χ0) is 16.9. The van der Waals surface area contributed by atoms with Crippen molar-refractivity contribution in [3.05, 3.63) is 63.1 Å². The Kier molecular flexibility index (Phi) is 5.22. The van der Waals surface area contributed by atoms with Crippen LogP contribution in [0.3, 0.4) is 0 Å². The van der Waals surface area contributed by atoms with E-state index in [0.717, 1.165) is 17.0 Å². The number of nitrogens with zero attached hydrogens (tertiary/aromatic N) is 2. The highest BCUT2D eigenvalue weighted by atomic mass is 79.9. The van der Waals surface area contributed by atoms with Crippen molar-refractivity contribution in [3.8, 4) is 17.0 Å². The minimum Gasteiger partial charge on any atom is -0.497 e. The molecule has 0 unspecified atom stereocenters. The number of methoxy groups -OCH3 is 1. The number of ether oxygens (including phenoxy) is 1. The number of amides is 1. The number of aromatic nitrogens is 2. The maximum atomic E-state index is 12.5. The lowest BCUT2D eigenvalue weighted by atomic mass is 10.1. The fourth-order valence-electron chi connectivity index (χ4n) is 2.20. The van der Waals surface area contributed by atoms with Gasteiger partial charge in [0.15, 0.2) is 0 Å². The van der Waals surface area contributed by atoms with Crippen molar-refractivity contribution >= 4 is 33.2 Å². The molecule has 0 saturated heterocycles. The first kappa shape index (κ1) is 16.6. The van der Waals surface area contributed by atoms with Gasteiger partial charge < -0.3 is 10.1 Å². The van der Waals surface area contributed by atoms with Gasteiger partial charge in [-0.1, -0.05) is 0 Å². The lowest BCUT2D eigenvalue weighted by molar-refractivity contribution is 0.0949. The molecule has 0 radical (unpaired) electrons. The second kappa shape index (κ2) is 7.55. The molecule has 1 N–H and O–H groups in total. The monoisotopic (exact) mass is 403 g/mol. The van der Waals surface area contributed by atoms with Crippen molar-refractivity contribution in [3.63, 3.8) is 0 Å². The van der Waals surface area contributed by atoms with Crippen LogP contribution in [-0.4, -0.2) is 23.0 Å². The van der Waals surface area contributed by atoms with Crippen LogP contribution in [0.5, 0.6) is 5.75 Å². The molecule has 3 aromatic rings. The number of carbonyl (C=O) groups excluding carboxylic acids is 1. The number of hydrogen-bond donors (Lipinski definition) is 1. The average molecular weight is 404 g/mol. The largest absolute Gasteiger partial charge is 0.497 e. The summed E-state index contributed by atoms with van der Waals surface area (Å²) >= 11 is 4.98. The maximum absolute atomic E-state index is 12.5. The summed E-state index contributed by atoms with van der Waals surface area (Å²) < 4.78 is 5.88. The molecule has 122 valence electrons. The highest BCUT2D eigenvalue weighted by Gasteiger charge is 2.14. The summed E-state index contributed by atoms with van der Waals surface area (Å²) in [4.78, 5) is 21.2. The molecular formula is C17H14BrN3O2S. The SMILES string of the molecule is COc1ccc(Br)c(C(=O)NCc2nccnc2-c2ccsc2)c1. The van der Waals surface area contributed by atoms with E-state index < -0.39 is 0 Å². The first-order valence-electron chi connectivity index (χ1n) is 7.13. The van der Waals surface area contributed by atoms with E-state index >= 15 is 0 Å². The van der Waals surface area contributed by atoms with E-state index in [2.05, 4.69) is 31.2 Å². The van der Waals surface area contributed by atoms with Crippen LogP contribution in [0.25, 0.3) is 11.3 Å². The van der Waals surface area contributed by atoms with Crippen molar-refractivity contribution in [1.29, 1.82) is 0 Å². The molecule has 1 amide bonds. The summed E-state index contributed by atoms with van der Waals surface area (Å²) in [6.45, 7) is 0.293.